The van der Waals surface area contributed by atoms with E-state index in [2.05, 4.69) is 207 Å². The molecular formula is C62H70BN3. The van der Waals surface area contributed by atoms with Crippen molar-refractivity contribution in [2.75, 3.05) is 14.7 Å². The summed E-state index contributed by atoms with van der Waals surface area (Å²) < 4.78 is 0. The SMILES string of the molecule is CC1(C)Cc2ccc(N3c4cc5c(cc4B4c6ccc(C(C)(C)C)cc6N(c6cccc(C(C)(C)C)c6)c6cc(N7c8ccccc8C8(C)CCCCC78C)cc3c64)CC(C)(C)C5)cc2C1. The lowest BCUT2D eigenvalue weighted by Gasteiger charge is -2.51. The van der Waals surface area contributed by atoms with Gasteiger partial charge in [-0.2, -0.15) is 0 Å². The van der Waals surface area contributed by atoms with Crippen LogP contribution in [-0.4, -0.2) is 12.3 Å². The molecule has 3 aliphatic carbocycles. The number of benzene rings is 6. The Morgan fingerprint density at radius 3 is 1.74 bits per heavy atom. The molecule has 3 aliphatic heterocycles. The fraction of sp³-hybridized carbons (Fsp3) is 0.419. The number of hydrogen-bond donors (Lipinski definition) is 0. The monoisotopic (exact) mass is 868 g/mol. The highest BCUT2D eigenvalue weighted by atomic mass is 15.3. The molecule has 0 bridgehead atoms. The number of hydrogen-bond acceptors (Lipinski definition) is 3. The van der Waals surface area contributed by atoms with Crippen molar-refractivity contribution < 1.29 is 0 Å². The molecule has 0 spiro atoms. The van der Waals surface area contributed by atoms with Gasteiger partial charge in [0.05, 0.1) is 5.54 Å². The molecule has 12 rings (SSSR count). The summed E-state index contributed by atoms with van der Waals surface area (Å²) in [5.41, 5.74) is 25.5. The lowest BCUT2D eigenvalue weighted by Crippen LogP contribution is -2.61. The van der Waals surface area contributed by atoms with Crippen LogP contribution in [0.4, 0.5) is 45.5 Å². The molecule has 1 fully saturated rings. The van der Waals surface area contributed by atoms with Gasteiger partial charge in [0.1, 0.15) is 0 Å². The molecule has 3 nitrogen and oxygen atoms in total. The van der Waals surface area contributed by atoms with Gasteiger partial charge in [-0.3, -0.25) is 0 Å². The van der Waals surface area contributed by atoms with Gasteiger partial charge in [0, 0.05) is 50.9 Å². The second-order valence-corrected chi connectivity index (χ2v) is 25.7. The summed E-state index contributed by atoms with van der Waals surface area (Å²) in [5, 5.41) is 0. The van der Waals surface area contributed by atoms with E-state index < -0.39 is 0 Å². The molecule has 0 N–H and O–H groups in total. The zero-order valence-corrected chi connectivity index (χ0v) is 42.0. The van der Waals surface area contributed by atoms with E-state index in [4.69, 9.17) is 0 Å². The van der Waals surface area contributed by atoms with Gasteiger partial charge in [-0.15, -0.1) is 0 Å². The molecule has 2 unspecified atom stereocenters. The fourth-order valence-electron chi connectivity index (χ4n) is 14.1. The summed E-state index contributed by atoms with van der Waals surface area (Å²) in [6.45, 7) is 29.2. The average molecular weight is 868 g/mol. The van der Waals surface area contributed by atoms with Crippen LogP contribution >= 0.6 is 0 Å². The van der Waals surface area contributed by atoms with Crippen molar-refractivity contribution in [1.29, 1.82) is 0 Å². The van der Waals surface area contributed by atoms with Gasteiger partial charge in [0.2, 0.25) is 0 Å². The molecule has 0 saturated heterocycles. The number of para-hydroxylation sites is 1. The molecule has 0 radical (unpaired) electrons. The van der Waals surface area contributed by atoms with E-state index >= 15 is 0 Å². The average Bonchev–Trinajstić information content (AvgIpc) is 3.82. The van der Waals surface area contributed by atoms with Crippen molar-refractivity contribution in [3.8, 4) is 0 Å². The Balaban J connectivity index is 1.21. The summed E-state index contributed by atoms with van der Waals surface area (Å²) in [6.07, 6.45) is 9.36. The smallest absolute Gasteiger partial charge is 0.252 e. The van der Waals surface area contributed by atoms with Gasteiger partial charge in [-0.05, 0) is 177 Å². The van der Waals surface area contributed by atoms with Gasteiger partial charge >= 0.3 is 0 Å². The Morgan fingerprint density at radius 2 is 1.05 bits per heavy atom. The van der Waals surface area contributed by atoms with Crippen LogP contribution in [0.5, 0.6) is 0 Å². The van der Waals surface area contributed by atoms with Crippen LogP contribution in [-0.2, 0) is 41.9 Å². The maximum Gasteiger partial charge on any atom is 0.252 e. The van der Waals surface area contributed by atoms with Crippen LogP contribution in [0, 0.1) is 10.8 Å². The molecule has 0 amide bonds. The first-order chi connectivity index (χ1) is 31.1. The van der Waals surface area contributed by atoms with Crippen LogP contribution in [0.2, 0.25) is 0 Å². The quantitative estimate of drug-likeness (QED) is 0.164. The summed E-state index contributed by atoms with van der Waals surface area (Å²) >= 11 is 0. The van der Waals surface area contributed by atoms with Gasteiger partial charge < -0.3 is 14.7 Å². The molecule has 66 heavy (non-hydrogen) atoms. The van der Waals surface area contributed by atoms with E-state index in [1.807, 2.05) is 0 Å². The van der Waals surface area contributed by atoms with Crippen LogP contribution in [0.25, 0.3) is 0 Å². The Kier molecular flexibility index (Phi) is 8.75. The minimum atomic E-state index is -0.0821. The molecule has 4 heteroatoms. The molecule has 2 atom stereocenters. The molecule has 3 heterocycles. The highest BCUT2D eigenvalue weighted by Crippen LogP contribution is 2.62. The van der Waals surface area contributed by atoms with Crippen molar-refractivity contribution >= 4 is 68.6 Å². The third-order valence-corrected chi connectivity index (χ3v) is 17.6. The highest BCUT2D eigenvalue weighted by Gasteiger charge is 2.58. The van der Waals surface area contributed by atoms with E-state index in [1.54, 1.807) is 0 Å². The molecule has 6 aromatic rings. The van der Waals surface area contributed by atoms with Gasteiger partial charge in [0.15, 0.2) is 0 Å². The minimum absolute atomic E-state index is 0.00296. The Morgan fingerprint density at radius 1 is 0.455 bits per heavy atom. The van der Waals surface area contributed by atoms with Crippen molar-refractivity contribution in [3.05, 3.63) is 148 Å². The third kappa shape index (κ3) is 6.07. The third-order valence-electron chi connectivity index (χ3n) is 17.6. The zero-order chi connectivity index (χ0) is 46.1. The lowest BCUT2D eigenvalue weighted by atomic mass is 9.33. The molecule has 1 saturated carbocycles. The van der Waals surface area contributed by atoms with E-state index in [-0.39, 0.29) is 39.3 Å². The fourth-order valence-corrected chi connectivity index (χ4v) is 14.1. The van der Waals surface area contributed by atoms with Crippen molar-refractivity contribution in [2.24, 2.45) is 10.8 Å². The first-order valence-electron chi connectivity index (χ1n) is 25.3. The van der Waals surface area contributed by atoms with E-state index in [0.717, 1.165) is 32.1 Å². The zero-order valence-electron chi connectivity index (χ0n) is 42.0. The minimum Gasteiger partial charge on any atom is -0.334 e. The highest BCUT2D eigenvalue weighted by molar-refractivity contribution is 7.00. The largest absolute Gasteiger partial charge is 0.334 e. The van der Waals surface area contributed by atoms with Gasteiger partial charge in [-0.25, -0.2) is 0 Å². The standard InChI is InChI=1S/C62H70BN3/c1-57(2,3)43-18-17-19-45(31-43)64-53-32-44(58(4,5)6)23-25-49(53)63-50-29-41-37-60(9,10)38-42(41)30-52(50)65(46-24-22-39-35-59(7,8)36-40(39)28-46)55-34-47(33-54(64)56(55)63)66-51-21-14-13-20-48(51)61(11)26-15-16-27-62(61,66)12/h13-14,17-25,28-34H,15-16,26-27,35-38H2,1-12H3. The number of fused-ring (bicyclic) bond motifs is 9. The first-order valence-corrected chi connectivity index (χ1v) is 25.3. The maximum atomic E-state index is 2.82. The summed E-state index contributed by atoms with van der Waals surface area (Å²) in [6, 6.07) is 44.5. The Labute approximate surface area is 396 Å². The lowest BCUT2D eigenvalue weighted by molar-refractivity contribution is 0.195. The second kappa shape index (κ2) is 13.7. The van der Waals surface area contributed by atoms with Crippen molar-refractivity contribution in [1.82, 2.24) is 0 Å². The normalized spacial score (nSPS) is 22.9. The predicted octanol–water partition coefficient (Wildman–Crippen LogP) is 14.4. The first kappa shape index (κ1) is 42.2. The van der Waals surface area contributed by atoms with Crippen LogP contribution in [0.15, 0.2) is 109 Å². The summed E-state index contributed by atoms with van der Waals surface area (Å²) in [7, 11) is 0. The molecule has 6 aliphatic rings. The predicted molar refractivity (Wildman–Crippen MR) is 283 cm³/mol. The molecular weight excluding hydrogens is 798 g/mol. The van der Waals surface area contributed by atoms with Crippen LogP contribution in [0.3, 0.4) is 0 Å². The van der Waals surface area contributed by atoms with Crippen molar-refractivity contribution in [2.45, 2.75) is 156 Å². The van der Waals surface area contributed by atoms with Gasteiger partial charge in [-0.1, -0.05) is 144 Å². The van der Waals surface area contributed by atoms with E-state index in [1.165, 1.54) is 120 Å². The van der Waals surface area contributed by atoms with Gasteiger partial charge in [0.25, 0.3) is 6.71 Å². The summed E-state index contributed by atoms with van der Waals surface area (Å²) in [4.78, 5) is 8.24. The van der Waals surface area contributed by atoms with Crippen LogP contribution < -0.4 is 31.1 Å². The molecule has 0 aromatic heterocycles. The van der Waals surface area contributed by atoms with Crippen LogP contribution in [0.1, 0.15) is 148 Å². The second-order valence-electron chi connectivity index (χ2n) is 25.7. The number of anilines is 8. The van der Waals surface area contributed by atoms with Crippen molar-refractivity contribution in [3.63, 3.8) is 0 Å². The summed E-state index contributed by atoms with van der Waals surface area (Å²) in [5.74, 6) is 0. The Hall–Kier alpha value is -5.22. The maximum absolute atomic E-state index is 2.82. The number of rotatable bonds is 3. The van der Waals surface area contributed by atoms with E-state index in [0.29, 0.717) is 0 Å². The molecule has 336 valence electrons. The number of nitrogens with zero attached hydrogens (tertiary/aromatic N) is 3. The topological polar surface area (TPSA) is 9.72 Å². The molecule has 6 aromatic carbocycles. The Bertz CT molecular complexity index is 3030. The van der Waals surface area contributed by atoms with E-state index in [9.17, 15) is 0 Å².